The maximum absolute atomic E-state index is 13.5. The molecule has 2 aromatic carbocycles. The summed E-state index contributed by atoms with van der Waals surface area (Å²) in [6, 6.07) is 11.0. The molecular formula is C23H24BrFN4O3. The Morgan fingerprint density at radius 2 is 2.06 bits per heavy atom. The fourth-order valence-electron chi connectivity index (χ4n) is 3.57. The van der Waals surface area contributed by atoms with E-state index in [1.165, 1.54) is 18.2 Å². The molecular weight excluding hydrogens is 479 g/mol. The number of aryl methyl sites for hydroxylation is 1. The standard InChI is InChI=1S/C23H24BrFN4O3/c1-28-22(20(24)15-26-28)19-14-18(27-23(30)16-3-2-4-17(25)13-16)5-6-21(19)32-12-9-29-7-10-31-11-8-29/h2-6,13-15H,7-12H2,1H3,(H,27,30). The summed E-state index contributed by atoms with van der Waals surface area (Å²) >= 11 is 3.55. The number of carbonyl (C=O) groups excluding carboxylic acids is 1. The van der Waals surface area contributed by atoms with Crippen LogP contribution in [-0.2, 0) is 11.8 Å². The van der Waals surface area contributed by atoms with Gasteiger partial charge in [0, 0.05) is 43.5 Å². The average molecular weight is 503 g/mol. The Hall–Kier alpha value is -2.75. The van der Waals surface area contributed by atoms with Crippen molar-refractivity contribution in [3.8, 4) is 17.0 Å². The third kappa shape index (κ3) is 5.35. The molecule has 0 bridgehead atoms. The minimum absolute atomic E-state index is 0.249. The van der Waals surface area contributed by atoms with E-state index in [0.29, 0.717) is 18.0 Å². The van der Waals surface area contributed by atoms with Gasteiger partial charge in [-0.1, -0.05) is 6.07 Å². The molecule has 4 rings (SSSR count). The lowest BCUT2D eigenvalue weighted by Gasteiger charge is -2.26. The van der Waals surface area contributed by atoms with Crippen LogP contribution in [0.4, 0.5) is 10.1 Å². The van der Waals surface area contributed by atoms with E-state index in [4.69, 9.17) is 9.47 Å². The third-order valence-corrected chi connectivity index (χ3v) is 5.82. The van der Waals surface area contributed by atoms with Crippen molar-refractivity contribution in [3.63, 3.8) is 0 Å². The Kier molecular flexibility index (Phi) is 7.19. The molecule has 0 unspecified atom stereocenters. The summed E-state index contributed by atoms with van der Waals surface area (Å²) in [5, 5.41) is 7.13. The van der Waals surface area contributed by atoms with E-state index in [-0.39, 0.29) is 11.5 Å². The topological polar surface area (TPSA) is 68.6 Å². The number of ether oxygens (including phenoxy) is 2. The molecule has 1 fully saturated rings. The minimum Gasteiger partial charge on any atom is -0.492 e. The molecule has 9 heteroatoms. The highest BCUT2D eigenvalue weighted by Crippen LogP contribution is 2.36. The van der Waals surface area contributed by atoms with Gasteiger partial charge in [-0.2, -0.15) is 5.10 Å². The molecule has 1 amide bonds. The Balaban J connectivity index is 1.55. The van der Waals surface area contributed by atoms with E-state index in [1.807, 2.05) is 19.2 Å². The van der Waals surface area contributed by atoms with Crippen molar-refractivity contribution in [1.29, 1.82) is 0 Å². The van der Waals surface area contributed by atoms with Crippen LogP contribution in [0, 0.1) is 5.82 Å². The van der Waals surface area contributed by atoms with Gasteiger partial charge in [-0.3, -0.25) is 14.4 Å². The van der Waals surface area contributed by atoms with Crippen molar-refractivity contribution >= 4 is 27.5 Å². The lowest BCUT2D eigenvalue weighted by Crippen LogP contribution is -2.38. The van der Waals surface area contributed by atoms with Crippen LogP contribution in [0.3, 0.4) is 0 Å². The molecule has 1 aliphatic rings. The normalized spacial score (nSPS) is 14.3. The van der Waals surface area contributed by atoms with Gasteiger partial charge in [0.2, 0.25) is 0 Å². The predicted octanol–water partition coefficient (Wildman–Crippen LogP) is 3.95. The lowest BCUT2D eigenvalue weighted by atomic mass is 10.1. The number of rotatable bonds is 7. The first-order chi connectivity index (χ1) is 15.5. The second-order valence-electron chi connectivity index (χ2n) is 7.44. The molecule has 3 aromatic rings. The number of hydrogen-bond acceptors (Lipinski definition) is 5. The van der Waals surface area contributed by atoms with Crippen LogP contribution in [0.1, 0.15) is 10.4 Å². The molecule has 0 atom stereocenters. The molecule has 168 valence electrons. The number of carbonyl (C=O) groups is 1. The molecule has 1 aromatic heterocycles. The van der Waals surface area contributed by atoms with Gasteiger partial charge in [-0.05, 0) is 52.3 Å². The van der Waals surface area contributed by atoms with Gasteiger partial charge < -0.3 is 14.8 Å². The monoisotopic (exact) mass is 502 g/mol. The summed E-state index contributed by atoms with van der Waals surface area (Å²) in [4.78, 5) is 14.9. The van der Waals surface area contributed by atoms with Gasteiger partial charge >= 0.3 is 0 Å². The maximum Gasteiger partial charge on any atom is 0.255 e. The first-order valence-corrected chi connectivity index (χ1v) is 11.1. The van der Waals surface area contributed by atoms with Gasteiger partial charge in [0.1, 0.15) is 18.2 Å². The first kappa shape index (κ1) is 22.4. The summed E-state index contributed by atoms with van der Waals surface area (Å²) < 4.78 is 27.6. The van der Waals surface area contributed by atoms with Gasteiger partial charge in [0.15, 0.2) is 0 Å². The van der Waals surface area contributed by atoms with Gasteiger partial charge in [0.25, 0.3) is 5.91 Å². The Morgan fingerprint density at radius 3 is 2.78 bits per heavy atom. The van der Waals surface area contributed by atoms with Crippen molar-refractivity contribution in [2.24, 2.45) is 7.05 Å². The van der Waals surface area contributed by atoms with Crippen molar-refractivity contribution < 1.29 is 18.7 Å². The minimum atomic E-state index is -0.457. The summed E-state index contributed by atoms with van der Waals surface area (Å²) in [5.41, 5.74) is 2.44. The Bertz CT molecular complexity index is 1080. The number of morpholine rings is 1. The summed E-state index contributed by atoms with van der Waals surface area (Å²) in [6.07, 6.45) is 1.71. The molecule has 0 spiro atoms. The van der Waals surface area contributed by atoms with Crippen LogP contribution in [0.25, 0.3) is 11.3 Å². The van der Waals surface area contributed by atoms with Gasteiger partial charge in [-0.25, -0.2) is 4.39 Å². The zero-order valence-electron chi connectivity index (χ0n) is 17.7. The fourth-order valence-corrected chi connectivity index (χ4v) is 4.14. The van der Waals surface area contributed by atoms with Crippen LogP contribution >= 0.6 is 15.9 Å². The van der Waals surface area contributed by atoms with E-state index < -0.39 is 5.82 Å². The van der Waals surface area contributed by atoms with Crippen LogP contribution < -0.4 is 10.1 Å². The molecule has 1 saturated heterocycles. The number of nitrogens with one attached hydrogen (secondary N) is 1. The fraction of sp³-hybridized carbons (Fsp3) is 0.304. The van der Waals surface area contributed by atoms with Crippen molar-refractivity contribution in [1.82, 2.24) is 14.7 Å². The van der Waals surface area contributed by atoms with Crippen LogP contribution in [0.15, 0.2) is 53.1 Å². The Labute approximate surface area is 194 Å². The molecule has 0 saturated carbocycles. The Morgan fingerprint density at radius 1 is 1.25 bits per heavy atom. The summed E-state index contributed by atoms with van der Waals surface area (Å²) in [6.45, 7) is 4.60. The molecule has 0 radical (unpaired) electrons. The van der Waals surface area contributed by atoms with Crippen LogP contribution in [0.2, 0.25) is 0 Å². The molecule has 1 N–H and O–H groups in total. The predicted molar refractivity (Wildman–Crippen MR) is 123 cm³/mol. The van der Waals surface area contributed by atoms with E-state index in [2.05, 4.69) is 31.2 Å². The molecule has 1 aliphatic heterocycles. The second kappa shape index (κ2) is 10.2. The number of aromatic nitrogens is 2. The average Bonchev–Trinajstić information content (AvgIpc) is 3.13. The smallest absolute Gasteiger partial charge is 0.255 e. The summed E-state index contributed by atoms with van der Waals surface area (Å²) in [5.74, 6) is -0.159. The molecule has 2 heterocycles. The van der Waals surface area contributed by atoms with E-state index in [1.54, 1.807) is 23.0 Å². The highest BCUT2D eigenvalue weighted by atomic mass is 79.9. The molecule has 0 aliphatic carbocycles. The number of anilines is 1. The zero-order valence-corrected chi connectivity index (χ0v) is 19.3. The molecule has 32 heavy (non-hydrogen) atoms. The number of nitrogens with zero attached hydrogens (tertiary/aromatic N) is 3. The van der Waals surface area contributed by atoms with E-state index >= 15 is 0 Å². The van der Waals surface area contributed by atoms with Gasteiger partial charge in [0.05, 0.1) is 29.6 Å². The van der Waals surface area contributed by atoms with E-state index in [0.717, 1.165) is 48.6 Å². The van der Waals surface area contributed by atoms with Crippen molar-refractivity contribution in [2.45, 2.75) is 0 Å². The quantitative estimate of drug-likeness (QED) is 0.529. The highest BCUT2D eigenvalue weighted by molar-refractivity contribution is 9.10. The number of hydrogen-bond donors (Lipinski definition) is 1. The zero-order chi connectivity index (χ0) is 22.5. The van der Waals surface area contributed by atoms with Crippen molar-refractivity contribution in [3.05, 3.63) is 64.5 Å². The molecule has 7 nitrogen and oxygen atoms in total. The third-order valence-electron chi connectivity index (χ3n) is 5.24. The number of halogens is 2. The maximum atomic E-state index is 13.5. The second-order valence-corrected chi connectivity index (χ2v) is 8.30. The largest absolute Gasteiger partial charge is 0.492 e. The summed E-state index contributed by atoms with van der Waals surface area (Å²) in [7, 11) is 1.84. The number of benzene rings is 2. The van der Waals surface area contributed by atoms with E-state index in [9.17, 15) is 9.18 Å². The van der Waals surface area contributed by atoms with Crippen LogP contribution in [0.5, 0.6) is 5.75 Å². The highest BCUT2D eigenvalue weighted by Gasteiger charge is 2.17. The SMILES string of the molecule is Cn1ncc(Br)c1-c1cc(NC(=O)c2cccc(F)c2)ccc1OCCN1CCOCC1. The number of amides is 1. The van der Waals surface area contributed by atoms with Crippen LogP contribution in [-0.4, -0.2) is 60.0 Å². The first-order valence-electron chi connectivity index (χ1n) is 10.3. The lowest BCUT2D eigenvalue weighted by molar-refractivity contribution is 0.0323. The van der Waals surface area contributed by atoms with Crippen molar-refractivity contribution in [2.75, 3.05) is 44.8 Å². The van der Waals surface area contributed by atoms with Gasteiger partial charge in [-0.15, -0.1) is 0 Å².